The average molecular weight is 327 g/mol. The lowest BCUT2D eigenvalue weighted by atomic mass is 10.2. The molecule has 0 aromatic heterocycles. The van der Waals surface area contributed by atoms with Gasteiger partial charge in [-0.2, -0.15) is 0 Å². The van der Waals surface area contributed by atoms with E-state index >= 15 is 0 Å². The Morgan fingerprint density at radius 2 is 1.95 bits per heavy atom. The van der Waals surface area contributed by atoms with E-state index in [2.05, 4.69) is 10.6 Å². The zero-order valence-electron chi connectivity index (χ0n) is 11.2. The summed E-state index contributed by atoms with van der Waals surface area (Å²) < 4.78 is 13.6. The number of benzene rings is 2. The Kier molecular flexibility index (Phi) is 5.04. The first-order valence-corrected chi connectivity index (χ1v) is 6.96. The van der Waals surface area contributed by atoms with Gasteiger partial charge in [-0.15, -0.1) is 0 Å². The molecular weight excluding hydrogens is 314 g/mol. The molecule has 0 bridgehead atoms. The van der Waals surface area contributed by atoms with E-state index in [9.17, 15) is 9.18 Å². The summed E-state index contributed by atoms with van der Waals surface area (Å²) in [6.07, 6.45) is 0. The van der Waals surface area contributed by atoms with Gasteiger partial charge in [-0.05, 0) is 30.3 Å². The molecule has 0 aliphatic rings. The van der Waals surface area contributed by atoms with Crippen molar-refractivity contribution in [2.24, 2.45) is 0 Å². The number of rotatable bonds is 4. The van der Waals surface area contributed by atoms with Crippen LogP contribution in [-0.2, 0) is 11.3 Å². The molecule has 110 valence electrons. The average Bonchev–Trinajstić information content (AvgIpc) is 2.40. The molecule has 0 saturated carbocycles. The number of carbonyl (C=O) groups excluding carboxylic acids is 1. The molecule has 2 rings (SSSR count). The summed E-state index contributed by atoms with van der Waals surface area (Å²) in [5.41, 5.74) is 1.76. The Hall–Kier alpha value is -1.78. The summed E-state index contributed by atoms with van der Waals surface area (Å²) in [5, 5.41) is 6.45. The third-order valence-electron chi connectivity index (χ3n) is 2.78. The minimum absolute atomic E-state index is 0.194. The van der Waals surface area contributed by atoms with Crippen molar-refractivity contribution >= 4 is 40.5 Å². The predicted molar refractivity (Wildman–Crippen MR) is 84.5 cm³/mol. The SMILES string of the molecule is CC(=O)Nc1ccc(NCc2ccc(Cl)cc2F)cc1Cl. The van der Waals surface area contributed by atoms with Crippen LogP contribution in [0.4, 0.5) is 15.8 Å². The highest BCUT2D eigenvalue weighted by Crippen LogP contribution is 2.26. The van der Waals surface area contributed by atoms with Crippen LogP contribution < -0.4 is 10.6 Å². The van der Waals surface area contributed by atoms with Crippen molar-refractivity contribution in [2.75, 3.05) is 10.6 Å². The van der Waals surface area contributed by atoms with Crippen molar-refractivity contribution in [3.05, 3.63) is 57.8 Å². The second-order valence-electron chi connectivity index (χ2n) is 4.47. The van der Waals surface area contributed by atoms with E-state index < -0.39 is 0 Å². The maximum absolute atomic E-state index is 13.6. The van der Waals surface area contributed by atoms with E-state index in [1.807, 2.05) is 0 Å². The number of hydrogen-bond acceptors (Lipinski definition) is 2. The molecule has 6 heteroatoms. The van der Waals surface area contributed by atoms with Gasteiger partial charge in [0.25, 0.3) is 0 Å². The highest BCUT2D eigenvalue weighted by Gasteiger charge is 2.05. The smallest absolute Gasteiger partial charge is 0.221 e. The van der Waals surface area contributed by atoms with Crippen LogP contribution in [0, 0.1) is 5.82 Å². The van der Waals surface area contributed by atoms with Crippen molar-refractivity contribution in [1.82, 2.24) is 0 Å². The molecule has 2 aromatic carbocycles. The van der Waals surface area contributed by atoms with Gasteiger partial charge in [0, 0.05) is 29.7 Å². The molecule has 0 saturated heterocycles. The van der Waals surface area contributed by atoms with Crippen LogP contribution in [0.5, 0.6) is 0 Å². The van der Waals surface area contributed by atoms with Gasteiger partial charge in [0.1, 0.15) is 5.82 Å². The minimum atomic E-state index is -0.365. The molecule has 21 heavy (non-hydrogen) atoms. The van der Waals surface area contributed by atoms with E-state index in [-0.39, 0.29) is 11.7 Å². The minimum Gasteiger partial charge on any atom is -0.381 e. The first-order valence-electron chi connectivity index (χ1n) is 6.20. The van der Waals surface area contributed by atoms with Crippen LogP contribution in [0.1, 0.15) is 12.5 Å². The highest BCUT2D eigenvalue weighted by atomic mass is 35.5. The second-order valence-corrected chi connectivity index (χ2v) is 5.31. The summed E-state index contributed by atoms with van der Waals surface area (Å²) in [6.45, 7) is 1.71. The second kappa shape index (κ2) is 6.78. The summed E-state index contributed by atoms with van der Waals surface area (Å²) in [4.78, 5) is 11.0. The van der Waals surface area contributed by atoms with E-state index in [1.165, 1.54) is 13.0 Å². The van der Waals surface area contributed by atoms with Crippen LogP contribution in [0.25, 0.3) is 0 Å². The molecule has 0 aliphatic carbocycles. The fraction of sp³-hybridized carbons (Fsp3) is 0.133. The summed E-state index contributed by atoms with van der Waals surface area (Å²) >= 11 is 11.8. The molecular formula is C15H13Cl2FN2O. The van der Waals surface area contributed by atoms with Crippen LogP contribution in [0.2, 0.25) is 10.0 Å². The van der Waals surface area contributed by atoms with Gasteiger partial charge >= 0.3 is 0 Å². The molecule has 0 radical (unpaired) electrons. The topological polar surface area (TPSA) is 41.1 Å². The molecule has 1 amide bonds. The zero-order valence-corrected chi connectivity index (χ0v) is 12.7. The maximum atomic E-state index is 13.6. The lowest BCUT2D eigenvalue weighted by Crippen LogP contribution is -2.07. The normalized spacial score (nSPS) is 10.3. The van der Waals surface area contributed by atoms with Crippen molar-refractivity contribution in [3.8, 4) is 0 Å². The standard InChI is InChI=1S/C15H13Cl2FN2O/c1-9(21)20-15-5-4-12(7-13(15)17)19-8-10-2-3-11(16)6-14(10)18/h2-7,19H,8H2,1H3,(H,20,21). The molecule has 0 unspecified atom stereocenters. The maximum Gasteiger partial charge on any atom is 0.221 e. The number of halogens is 3. The van der Waals surface area contributed by atoms with Gasteiger partial charge in [-0.1, -0.05) is 29.3 Å². The molecule has 0 fully saturated rings. The fourth-order valence-electron chi connectivity index (χ4n) is 1.78. The number of carbonyl (C=O) groups is 1. The van der Waals surface area contributed by atoms with Crippen LogP contribution in [-0.4, -0.2) is 5.91 Å². The number of nitrogens with one attached hydrogen (secondary N) is 2. The Morgan fingerprint density at radius 1 is 1.19 bits per heavy atom. The van der Waals surface area contributed by atoms with Gasteiger partial charge in [0.2, 0.25) is 5.91 Å². The molecule has 3 nitrogen and oxygen atoms in total. The van der Waals surface area contributed by atoms with Gasteiger partial charge < -0.3 is 10.6 Å². The van der Waals surface area contributed by atoms with Crippen molar-refractivity contribution in [2.45, 2.75) is 13.5 Å². The molecule has 2 aromatic rings. The van der Waals surface area contributed by atoms with Gasteiger partial charge in [-0.25, -0.2) is 4.39 Å². The third-order valence-corrected chi connectivity index (χ3v) is 3.33. The lowest BCUT2D eigenvalue weighted by molar-refractivity contribution is -0.114. The van der Waals surface area contributed by atoms with Gasteiger partial charge in [0.15, 0.2) is 0 Å². The van der Waals surface area contributed by atoms with Gasteiger partial charge in [0.05, 0.1) is 10.7 Å². The Morgan fingerprint density at radius 3 is 2.57 bits per heavy atom. The quantitative estimate of drug-likeness (QED) is 0.854. The molecule has 0 atom stereocenters. The third kappa shape index (κ3) is 4.34. The Labute approximate surface area is 132 Å². The first kappa shape index (κ1) is 15.6. The van der Waals surface area contributed by atoms with Crippen molar-refractivity contribution in [1.29, 1.82) is 0 Å². The monoisotopic (exact) mass is 326 g/mol. The number of amides is 1. The largest absolute Gasteiger partial charge is 0.381 e. The van der Waals surface area contributed by atoms with Crippen molar-refractivity contribution in [3.63, 3.8) is 0 Å². The Bertz CT molecular complexity index is 677. The number of hydrogen-bond donors (Lipinski definition) is 2. The summed E-state index contributed by atoms with van der Waals surface area (Å²) in [7, 11) is 0. The van der Waals surface area contributed by atoms with E-state index in [0.717, 1.165) is 5.69 Å². The molecule has 0 aliphatic heterocycles. The zero-order chi connectivity index (χ0) is 15.4. The molecule has 0 heterocycles. The highest BCUT2D eigenvalue weighted by molar-refractivity contribution is 6.34. The summed E-state index contributed by atoms with van der Waals surface area (Å²) in [6, 6.07) is 9.63. The number of anilines is 2. The van der Waals surface area contributed by atoms with E-state index in [0.29, 0.717) is 27.8 Å². The van der Waals surface area contributed by atoms with Crippen LogP contribution in [0.15, 0.2) is 36.4 Å². The first-order chi connectivity index (χ1) is 9.95. The van der Waals surface area contributed by atoms with E-state index in [4.69, 9.17) is 23.2 Å². The Balaban J connectivity index is 2.06. The van der Waals surface area contributed by atoms with Crippen LogP contribution in [0.3, 0.4) is 0 Å². The van der Waals surface area contributed by atoms with Gasteiger partial charge in [-0.3, -0.25) is 4.79 Å². The van der Waals surface area contributed by atoms with Crippen molar-refractivity contribution < 1.29 is 9.18 Å². The predicted octanol–water partition coefficient (Wildman–Crippen LogP) is 4.70. The van der Waals surface area contributed by atoms with Crippen LogP contribution >= 0.6 is 23.2 Å². The molecule has 2 N–H and O–H groups in total. The summed E-state index contributed by atoms with van der Waals surface area (Å²) in [5.74, 6) is -0.559. The molecule has 0 spiro atoms. The fourth-order valence-corrected chi connectivity index (χ4v) is 2.16. The van der Waals surface area contributed by atoms with E-state index in [1.54, 1.807) is 30.3 Å². The lowest BCUT2D eigenvalue weighted by Gasteiger charge is -2.10.